The number of hydrogen-bond donors (Lipinski definition) is 0. The SMILES string of the molecule is CC(C)(C)[Si](C)(C)O[C@@H]([C@H]1[C@@H](OCc2ccccc2)C(=O)N1Cc1ccccc1)[C@H](Cc1ccccc1)O[Si](C)(C)C(C)(C)C. The fourth-order valence-electron chi connectivity index (χ4n) is 5.29. The molecule has 0 saturated carbocycles. The van der Waals surface area contributed by atoms with Gasteiger partial charge in [-0.1, -0.05) is 133 Å². The fourth-order valence-corrected chi connectivity index (χ4v) is 7.94. The molecule has 3 aromatic rings. The fraction of sp³-hybridized carbons (Fsp3) is 0.500. The Labute approximate surface area is 274 Å². The minimum absolute atomic E-state index is 0.00578. The lowest BCUT2D eigenvalue weighted by Gasteiger charge is -2.55. The Morgan fingerprint density at radius 1 is 0.667 bits per heavy atom. The number of hydrogen-bond acceptors (Lipinski definition) is 4. The third-order valence-electron chi connectivity index (χ3n) is 10.1. The predicted octanol–water partition coefficient (Wildman–Crippen LogP) is 9.01. The molecule has 7 heteroatoms. The number of rotatable bonds is 13. The summed E-state index contributed by atoms with van der Waals surface area (Å²) < 4.78 is 21.4. The van der Waals surface area contributed by atoms with Gasteiger partial charge in [-0.05, 0) is 59.4 Å². The summed E-state index contributed by atoms with van der Waals surface area (Å²) in [5.41, 5.74) is 3.34. The molecule has 0 N–H and O–H groups in total. The lowest BCUT2D eigenvalue weighted by molar-refractivity contribution is -0.193. The molecule has 4 atom stereocenters. The van der Waals surface area contributed by atoms with Gasteiger partial charge < -0.3 is 18.5 Å². The average molecular weight is 646 g/mol. The van der Waals surface area contributed by atoms with Gasteiger partial charge in [0.25, 0.3) is 5.91 Å². The maximum absolute atomic E-state index is 14.0. The summed E-state index contributed by atoms with van der Waals surface area (Å²) in [5.74, 6) is 0.00871. The average Bonchev–Trinajstić information content (AvgIpc) is 2.97. The number of nitrogens with zero attached hydrogens (tertiary/aromatic N) is 1. The van der Waals surface area contributed by atoms with Crippen LogP contribution in [0.2, 0.25) is 36.3 Å². The van der Waals surface area contributed by atoms with E-state index in [9.17, 15) is 4.79 Å². The molecular weight excluding hydrogens is 591 g/mol. The third kappa shape index (κ3) is 8.63. The number of ether oxygens (including phenoxy) is 1. The number of benzene rings is 3. The van der Waals surface area contributed by atoms with Gasteiger partial charge in [0.05, 0.1) is 24.9 Å². The topological polar surface area (TPSA) is 48.0 Å². The molecule has 1 amide bonds. The van der Waals surface area contributed by atoms with E-state index in [4.69, 9.17) is 13.6 Å². The molecule has 45 heavy (non-hydrogen) atoms. The zero-order valence-electron chi connectivity index (χ0n) is 29.2. The molecule has 0 unspecified atom stereocenters. The van der Waals surface area contributed by atoms with Crippen molar-refractivity contribution in [1.82, 2.24) is 4.90 Å². The maximum Gasteiger partial charge on any atom is 0.254 e. The van der Waals surface area contributed by atoms with Gasteiger partial charge in [-0.25, -0.2) is 0 Å². The molecule has 4 rings (SSSR count). The molecule has 1 heterocycles. The van der Waals surface area contributed by atoms with Crippen molar-refractivity contribution in [3.05, 3.63) is 108 Å². The normalized spacial score (nSPS) is 19.2. The largest absolute Gasteiger partial charge is 0.411 e. The van der Waals surface area contributed by atoms with Gasteiger partial charge >= 0.3 is 0 Å². The molecular formula is C38H55NO4Si2. The van der Waals surface area contributed by atoms with E-state index in [0.29, 0.717) is 19.6 Å². The van der Waals surface area contributed by atoms with Crippen LogP contribution in [0.15, 0.2) is 91.0 Å². The van der Waals surface area contributed by atoms with Crippen molar-refractivity contribution in [2.75, 3.05) is 0 Å². The van der Waals surface area contributed by atoms with Gasteiger partial charge in [0.2, 0.25) is 0 Å². The van der Waals surface area contributed by atoms with E-state index < -0.39 is 22.7 Å². The molecule has 1 fully saturated rings. The monoisotopic (exact) mass is 645 g/mol. The highest BCUT2D eigenvalue weighted by Crippen LogP contribution is 2.44. The minimum Gasteiger partial charge on any atom is -0.411 e. The maximum atomic E-state index is 14.0. The van der Waals surface area contributed by atoms with Crippen molar-refractivity contribution >= 4 is 22.5 Å². The van der Waals surface area contributed by atoms with E-state index >= 15 is 0 Å². The molecule has 0 aromatic heterocycles. The van der Waals surface area contributed by atoms with Crippen molar-refractivity contribution in [2.24, 2.45) is 0 Å². The number of amides is 1. The van der Waals surface area contributed by atoms with Gasteiger partial charge in [-0.15, -0.1) is 0 Å². The van der Waals surface area contributed by atoms with E-state index in [1.165, 1.54) is 5.56 Å². The molecule has 0 spiro atoms. The highest BCUT2D eigenvalue weighted by molar-refractivity contribution is 6.74. The molecule has 5 nitrogen and oxygen atoms in total. The summed E-state index contributed by atoms with van der Waals surface area (Å²) in [4.78, 5) is 16.0. The molecule has 1 saturated heterocycles. The van der Waals surface area contributed by atoms with Crippen LogP contribution in [0.4, 0.5) is 0 Å². The van der Waals surface area contributed by atoms with Crippen molar-refractivity contribution in [3.63, 3.8) is 0 Å². The second-order valence-corrected chi connectivity index (χ2v) is 25.1. The van der Waals surface area contributed by atoms with Crippen LogP contribution < -0.4 is 0 Å². The van der Waals surface area contributed by atoms with Gasteiger partial charge in [-0.2, -0.15) is 0 Å². The summed E-state index contributed by atoms with van der Waals surface area (Å²) in [7, 11) is -4.59. The highest BCUT2D eigenvalue weighted by atomic mass is 28.4. The van der Waals surface area contributed by atoms with Gasteiger partial charge in [0.1, 0.15) is 0 Å². The van der Waals surface area contributed by atoms with E-state index in [-0.39, 0.29) is 34.2 Å². The lowest BCUT2D eigenvalue weighted by atomic mass is 9.87. The number of carbonyl (C=O) groups excluding carboxylic acids is 1. The number of likely N-dealkylation sites (tertiary alicyclic amines) is 1. The Kier molecular flexibility index (Phi) is 11.0. The molecule has 0 bridgehead atoms. The summed E-state index contributed by atoms with van der Waals surface area (Å²) in [6.07, 6.45) is -0.559. The van der Waals surface area contributed by atoms with Crippen molar-refractivity contribution in [1.29, 1.82) is 0 Å². The summed E-state index contributed by atoms with van der Waals surface area (Å²) in [6, 6.07) is 30.6. The Morgan fingerprint density at radius 2 is 1.11 bits per heavy atom. The standard InChI is InChI=1S/C38H55NO4Si2/c1-37(2,3)44(7,8)42-32(26-29-20-14-11-15-21-29)34(43-45(9,10)38(4,5)6)33-35(41-28-31-24-18-13-19-25-31)36(40)39(33)27-30-22-16-12-17-23-30/h11-25,32-35H,26-28H2,1-10H3/t32-,33-,34+,35+/m0/s1. The number of β-lactam (4-membered cyclic amide) rings is 1. The summed E-state index contributed by atoms with van der Waals surface area (Å²) in [6.45, 7) is 23.8. The van der Waals surface area contributed by atoms with Gasteiger partial charge in [0, 0.05) is 6.54 Å². The first kappa shape index (κ1) is 35.3. The highest BCUT2D eigenvalue weighted by Gasteiger charge is 2.57. The smallest absolute Gasteiger partial charge is 0.254 e. The summed E-state index contributed by atoms with van der Waals surface area (Å²) in [5, 5.41) is -0.0240. The minimum atomic E-state index is -2.33. The molecule has 0 aliphatic carbocycles. The van der Waals surface area contributed by atoms with Crippen molar-refractivity contribution < 1.29 is 18.4 Å². The van der Waals surface area contributed by atoms with Crippen LogP contribution in [0, 0.1) is 0 Å². The van der Waals surface area contributed by atoms with Gasteiger partial charge in [-0.3, -0.25) is 4.79 Å². The van der Waals surface area contributed by atoms with Gasteiger partial charge in [0.15, 0.2) is 22.7 Å². The predicted molar refractivity (Wildman–Crippen MR) is 190 cm³/mol. The molecule has 1 aliphatic rings. The van der Waals surface area contributed by atoms with E-state index in [1.807, 2.05) is 53.4 Å². The van der Waals surface area contributed by atoms with Crippen molar-refractivity contribution in [3.8, 4) is 0 Å². The Bertz CT molecular complexity index is 1370. The second kappa shape index (κ2) is 14.1. The lowest BCUT2D eigenvalue weighted by Crippen LogP contribution is -2.73. The van der Waals surface area contributed by atoms with Crippen LogP contribution in [0.1, 0.15) is 58.2 Å². The first-order valence-corrected chi connectivity index (χ1v) is 22.2. The molecule has 0 radical (unpaired) electrons. The van der Waals surface area contributed by atoms with Crippen LogP contribution in [-0.4, -0.2) is 51.8 Å². The first-order chi connectivity index (χ1) is 21.0. The van der Waals surface area contributed by atoms with Crippen LogP contribution >= 0.6 is 0 Å². The zero-order chi connectivity index (χ0) is 33.0. The van der Waals surface area contributed by atoms with Crippen LogP contribution in [0.5, 0.6) is 0 Å². The van der Waals surface area contributed by atoms with E-state index in [2.05, 4.69) is 110 Å². The Balaban J connectivity index is 1.81. The zero-order valence-corrected chi connectivity index (χ0v) is 31.2. The molecule has 3 aromatic carbocycles. The Hall–Kier alpha value is -2.56. The quantitative estimate of drug-likeness (QED) is 0.138. The van der Waals surface area contributed by atoms with E-state index in [0.717, 1.165) is 11.1 Å². The van der Waals surface area contributed by atoms with E-state index in [1.54, 1.807) is 0 Å². The van der Waals surface area contributed by atoms with Crippen LogP contribution in [-0.2, 0) is 38.0 Å². The Morgan fingerprint density at radius 3 is 1.60 bits per heavy atom. The molecule has 244 valence electrons. The van der Waals surface area contributed by atoms with Crippen LogP contribution in [0.25, 0.3) is 0 Å². The first-order valence-electron chi connectivity index (χ1n) is 16.4. The van der Waals surface area contributed by atoms with Crippen LogP contribution in [0.3, 0.4) is 0 Å². The molecule has 1 aliphatic heterocycles. The van der Waals surface area contributed by atoms with Crippen molar-refractivity contribution in [2.45, 2.75) is 122 Å². The number of carbonyl (C=O) groups is 1. The summed E-state index contributed by atoms with van der Waals surface area (Å²) >= 11 is 0. The third-order valence-corrected chi connectivity index (χ3v) is 19.1. The second-order valence-electron chi connectivity index (χ2n) is 15.6.